The summed E-state index contributed by atoms with van der Waals surface area (Å²) in [6.45, 7) is 8.07. The van der Waals surface area contributed by atoms with Crippen LogP contribution < -0.4 is 0 Å². The van der Waals surface area contributed by atoms with E-state index in [0.29, 0.717) is 5.92 Å². The summed E-state index contributed by atoms with van der Waals surface area (Å²) in [7, 11) is 0. The summed E-state index contributed by atoms with van der Waals surface area (Å²) >= 11 is 0. The largest absolute Gasteiger partial charge is 0.481 e. The van der Waals surface area contributed by atoms with Crippen molar-refractivity contribution in [2.45, 2.75) is 26.7 Å². The smallest absolute Gasteiger partial charge is 0.307 e. The molecule has 2 heteroatoms. The van der Waals surface area contributed by atoms with Gasteiger partial charge in [-0.3, -0.25) is 4.79 Å². The van der Waals surface area contributed by atoms with Gasteiger partial charge in [-0.25, -0.2) is 0 Å². The van der Waals surface area contributed by atoms with Crippen molar-refractivity contribution in [2.24, 2.45) is 22.7 Å². The molecule has 0 aromatic rings. The molecule has 0 aromatic heterocycles. The van der Waals surface area contributed by atoms with Crippen LogP contribution in [0.25, 0.3) is 0 Å². The van der Waals surface area contributed by atoms with E-state index in [4.69, 9.17) is 0 Å². The van der Waals surface area contributed by atoms with E-state index in [9.17, 15) is 9.90 Å². The minimum atomic E-state index is -0.653. The third-order valence-corrected chi connectivity index (χ3v) is 4.80. The number of carbonyl (C=O) groups is 1. The maximum atomic E-state index is 11.2. The Morgan fingerprint density at radius 1 is 1.67 bits per heavy atom. The van der Waals surface area contributed by atoms with E-state index in [1.807, 2.05) is 6.08 Å². The number of hydrogen-bond donors (Lipinski definition) is 1. The molecule has 82 valence electrons. The van der Waals surface area contributed by atoms with Crippen molar-refractivity contribution in [3.05, 3.63) is 24.8 Å². The van der Waals surface area contributed by atoms with Crippen molar-refractivity contribution in [3.63, 3.8) is 0 Å². The van der Waals surface area contributed by atoms with Crippen LogP contribution in [-0.4, -0.2) is 11.1 Å². The fourth-order valence-corrected chi connectivity index (χ4v) is 3.50. The van der Waals surface area contributed by atoms with E-state index in [1.165, 1.54) is 0 Å². The molecule has 15 heavy (non-hydrogen) atoms. The number of aliphatic carboxylic acids is 1. The lowest BCUT2D eigenvalue weighted by atomic mass is 9.64. The molecule has 1 fully saturated rings. The minimum absolute atomic E-state index is 0.0534. The first-order chi connectivity index (χ1) is 6.95. The zero-order valence-electron chi connectivity index (χ0n) is 9.36. The van der Waals surface area contributed by atoms with E-state index in [1.54, 1.807) is 0 Å². The van der Waals surface area contributed by atoms with Gasteiger partial charge in [0, 0.05) is 5.41 Å². The Morgan fingerprint density at radius 3 is 2.80 bits per heavy atom. The van der Waals surface area contributed by atoms with Gasteiger partial charge in [-0.05, 0) is 24.2 Å². The highest BCUT2D eigenvalue weighted by atomic mass is 16.4. The molecule has 2 bridgehead atoms. The van der Waals surface area contributed by atoms with Gasteiger partial charge in [0.25, 0.3) is 0 Å². The van der Waals surface area contributed by atoms with E-state index >= 15 is 0 Å². The zero-order chi connectivity index (χ0) is 11.3. The van der Waals surface area contributed by atoms with Gasteiger partial charge in [0.1, 0.15) is 0 Å². The monoisotopic (exact) mass is 206 g/mol. The molecular weight excluding hydrogens is 188 g/mol. The molecule has 2 aliphatic rings. The maximum Gasteiger partial charge on any atom is 0.307 e. The Hall–Kier alpha value is -1.05. The van der Waals surface area contributed by atoms with Crippen molar-refractivity contribution in [1.82, 2.24) is 0 Å². The fourth-order valence-electron chi connectivity index (χ4n) is 3.50. The molecule has 0 aliphatic heterocycles. The van der Waals surface area contributed by atoms with Crippen molar-refractivity contribution in [2.75, 3.05) is 0 Å². The molecule has 4 atom stereocenters. The van der Waals surface area contributed by atoms with Crippen LogP contribution in [0, 0.1) is 22.7 Å². The standard InChI is InChI=1S/C13H18O2/c1-4-6-12(2)9-5-7-13(12,3)10(8-9)11(14)15/h4-5,7,9-10H,1,6,8H2,2-3H3,(H,14,15)/t9-,10-,12?,13+/m0/s1. The molecule has 0 aromatic carbocycles. The first kappa shape index (κ1) is 10.5. The molecule has 0 heterocycles. The number of allylic oxidation sites excluding steroid dienone is 3. The van der Waals surface area contributed by atoms with E-state index in [2.05, 4.69) is 32.6 Å². The Morgan fingerprint density at radius 2 is 2.33 bits per heavy atom. The van der Waals surface area contributed by atoms with E-state index in [-0.39, 0.29) is 16.7 Å². The molecule has 0 amide bonds. The van der Waals surface area contributed by atoms with Crippen LogP contribution in [0.5, 0.6) is 0 Å². The van der Waals surface area contributed by atoms with E-state index < -0.39 is 5.97 Å². The van der Waals surface area contributed by atoms with Gasteiger partial charge in [-0.2, -0.15) is 0 Å². The molecule has 0 spiro atoms. The van der Waals surface area contributed by atoms with Crippen LogP contribution in [0.15, 0.2) is 24.8 Å². The molecule has 1 unspecified atom stereocenters. The molecule has 2 aliphatic carbocycles. The van der Waals surface area contributed by atoms with Crippen molar-refractivity contribution < 1.29 is 9.90 Å². The van der Waals surface area contributed by atoms with Crippen LogP contribution in [0.1, 0.15) is 26.7 Å². The summed E-state index contributed by atoms with van der Waals surface area (Å²) in [5, 5.41) is 9.24. The van der Waals surface area contributed by atoms with Crippen LogP contribution in [0.3, 0.4) is 0 Å². The average Bonchev–Trinajstić information content (AvgIpc) is 2.51. The Bertz CT molecular complexity index is 344. The zero-order valence-corrected chi connectivity index (χ0v) is 9.36. The van der Waals surface area contributed by atoms with Crippen LogP contribution in [0.2, 0.25) is 0 Å². The summed E-state index contributed by atoms with van der Waals surface area (Å²) in [6.07, 6.45) is 7.91. The molecule has 2 rings (SSSR count). The highest BCUT2D eigenvalue weighted by Crippen LogP contribution is 2.66. The maximum absolute atomic E-state index is 11.2. The predicted molar refractivity (Wildman–Crippen MR) is 59.4 cm³/mol. The molecule has 0 saturated heterocycles. The molecular formula is C13H18O2. The third-order valence-electron chi connectivity index (χ3n) is 4.80. The lowest BCUT2D eigenvalue weighted by molar-refractivity contribution is -0.145. The Labute approximate surface area is 90.7 Å². The third kappa shape index (κ3) is 1.08. The quantitative estimate of drug-likeness (QED) is 0.721. The second kappa shape index (κ2) is 2.97. The van der Waals surface area contributed by atoms with Gasteiger partial charge < -0.3 is 5.11 Å². The minimum Gasteiger partial charge on any atom is -0.481 e. The lowest BCUT2D eigenvalue weighted by Crippen LogP contribution is -2.37. The second-order valence-electron chi connectivity index (χ2n) is 5.29. The summed E-state index contributed by atoms with van der Waals surface area (Å²) in [5.74, 6) is -0.473. The second-order valence-corrected chi connectivity index (χ2v) is 5.29. The van der Waals surface area contributed by atoms with Gasteiger partial charge in [0.15, 0.2) is 0 Å². The summed E-state index contributed by atoms with van der Waals surface area (Å²) in [5.41, 5.74) is -0.143. The fraction of sp³-hybridized carbons (Fsp3) is 0.615. The SMILES string of the molecule is C=CCC1(C)[C@H]2C=C[C@]1(C)[C@H](C(=O)O)C2. The lowest BCUT2D eigenvalue weighted by Gasteiger charge is -2.39. The van der Waals surface area contributed by atoms with Gasteiger partial charge in [-0.1, -0.05) is 32.1 Å². The van der Waals surface area contributed by atoms with Crippen LogP contribution in [-0.2, 0) is 4.79 Å². The van der Waals surface area contributed by atoms with Crippen LogP contribution >= 0.6 is 0 Å². The summed E-state index contributed by atoms with van der Waals surface area (Å²) in [4.78, 5) is 11.2. The highest BCUT2D eigenvalue weighted by Gasteiger charge is 2.62. The molecule has 1 saturated carbocycles. The Balaban J connectivity index is 2.41. The average molecular weight is 206 g/mol. The number of carboxylic acids is 1. The molecule has 2 nitrogen and oxygen atoms in total. The predicted octanol–water partition coefficient (Wildman–Crippen LogP) is 2.87. The van der Waals surface area contributed by atoms with Gasteiger partial charge in [-0.15, -0.1) is 6.58 Å². The summed E-state index contributed by atoms with van der Waals surface area (Å²) < 4.78 is 0. The summed E-state index contributed by atoms with van der Waals surface area (Å²) in [6, 6.07) is 0. The van der Waals surface area contributed by atoms with Crippen molar-refractivity contribution in [1.29, 1.82) is 0 Å². The number of fused-ring (bicyclic) bond motifs is 2. The normalized spacial score (nSPS) is 47.1. The molecule has 1 N–H and O–H groups in total. The number of hydrogen-bond acceptors (Lipinski definition) is 1. The van der Waals surface area contributed by atoms with E-state index in [0.717, 1.165) is 12.8 Å². The first-order valence-corrected chi connectivity index (χ1v) is 5.49. The Kier molecular flexibility index (Phi) is 2.07. The van der Waals surface area contributed by atoms with Crippen molar-refractivity contribution in [3.8, 4) is 0 Å². The molecule has 0 radical (unpaired) electrons. The first-order valence-electron chi connectivity index (χ1n) is 5.49. The number of carboxylic acid groups (broad SMARTS) is 1. The van der Waals surface area contributed by atoms with Crippen molar-refractivity contribution >= 4 is 5.97 Å². The van der Waals surface area contributed by atoms with Gasteiger partial charge >= 0.3 is 5.97 Å². The highest BCUT2D eigenvalue weighted by molar-refractivity contribution is 5.73. The van der Waals surface area contributed by atoms with Gasteiger partial charge in [0.2, 0.25) is 0 Å². The topological polar surface area (TPSA) is 37.3 Å². The van der Waals surface area contributed by atoms with Gasteiger partial charge in [0.05, 0.1) is 5.92 Å². The number of rotatable bonds is 3. The van der Waals surface area contributed by atoms with Crippen LogP contribution in [0.4, 0.5) is 0 Å².